The molecule has 0 bridgehead atoms. The molecule has 0 saturated carbocycles. The summed E-state index contributed by atoms with van der Waals surface area (Å²) in [5.74, 6) is 0. The SMILES string of the molecule is CC(N)c1nc(CN(C)CCN(C)C)cs1. The van der Waals surface area contributed by atoms with Crippen LogP contribution in [0.15, 0.2) is 5.38 Å². The third kappa shape index (κ3) is 4.57. The third-order valence-electron chi connectivity index (χ3n) is 2.32. The summed E-state index contributed by atoms with van der Waals surface area (Å²) in [5, 5.41) is 3.13. The van der Waals surface area contributed by atoms with Crippen LogP contribution in [0.25, 0.3) is 0 Å². The van der Waals surface area contributed by atoms with E-state index in [1.54, 1.807) is 11.3 Å². The number of likely N-dealkylation sites (N-methyl/N-ethyl adjacent to an activating group) is 2. The zero-order chi connectivity index (χ0) is 12.1. The summed E-state index contributed by atoms with van der Waals surface area (Å²) in [7, 11) is 6.30. The van der Waals surface area contributed by atoms with E-state index in [2.05, 4.69) is 41.3 Å². The zero-order valence-corrected chi connectivity index (χ0v) is 11.4. The van der Waals surface area contributed by atoms with Crippen LogP contribution in [0.4, 0.5) is 0 Å². The number of hydrogen-bond donors (Lipinski definition) is 1. The number of aromatic nitrogens is 1. The Morgan fingerprint density at radius 1 is 1.38 bits per heavy atom. The fourth-order valence-electron chi connectivity index (χ4n) is 1.33. The number of thiazole rings is 1. The first-order chi connectivity index (χ1) is 7.49. The largest absolute Gasteiger partial charge is 0.322 e. The lowest BCUT2D eigenvalue weighted by molar-refractivity contribution is 0.274. The van der Waals surface area contributed by atoms with Crippen LogP contribution < -0.4 is 5.73 Å². The van der Waals surface area contributed by atoms with Crippen LogP contribution in [0.1, 0.15) is 23.7 Å². The van der Waals surface area contributed by atoms with Gasteiger partial charge in [-0.05, 0) is 28.1 Å². The molecule has 0 radical (unpaired) electrons. The Hall–Kier alpha value is -0.490. The van der Waals surface area contributed by atoms with Gasteiger partial charge in [-0.15, -0.1) is 11.3 Å². The van der Waals surface area contributed by atoms with Crippen molar-refractivity contribution in [2.24, 2.45) is 5.73 Å². The van der Waals surface area contributed by atoms with Gasteiger partial charge in [-0.1, -0.05) is 0 Å². The van der Waals surface area contributed by atoms with Gasteiger partial charge >= 0.3 is 0 Å². The lowest BCUT2D eigenvalue weighted by Gasteiger charge is -2.18. The van der Waals surface area contributed by atoms with Crippen molar-refractivity contribution < 1.29 is 0 Å². The van der Waals surface area contributed by atoms with E-state index in [4.69, 9.17) is 5.73 Å². The lowest BCUT2D eigenvalue weighted by atomic mass is 10.4. The van der Waals surface area contributed by atoms with E-state index in [9.17, 15) is 0 Å². The number of nitrogens with zero attached hydrogens (tertiary/aromatic N) is 3. The second-order valence-corrected chi connectivity index (χ2v) is 5.40. The highest BCUT2D eigenvalue weighted by Crippen LogP contribution is 2.16. The third-order valence-corrected chi connectivity index (χ3v) is 3.41. The number of nitrogens with two attached hydrogens (primary N) is 1. The van der Waals surface area contributed by atoms with Gasteiger partial charge in [-0.25, -0.2) is 4.98 Å². The Labute approximate surface area is 102 Å². The molecule has 4 nitrogen and oxygen atoms in total. The Morgan fingerprint density at radius 2 is 2.06 bits per heavy atom. The van der Waals surface area contributed by atoms with Gasteiger partial charge in [0.15, 0.2) is 0 Å². The monoisotopic (exact) mass is 242 g/mol. The predicted octanol–water partition coefficient (Wildman–Crippen LogP) is 1.16. The average Bonchev–Trinajstić information content (AvgIpc) is 2.63. The summed E-state index contributed by atoms with van der Waals surface area (Å²) in [6.45, 7) is 4.99. The van der Waals surface area contributed by atoms with Crippen molar-refractivity contribution in [1.82, 2.24) is 14.8 Å². The van der Waals surface area contributed by atoms with Crippen LogP contribution in [0.5, 0.6) is 0 Å². The lowest BCUT2D eigenvalue weighted by Crippen LogP contribution is -2.28. The first-order valence-electron chi connectivity index (χ1n) is 5.52. The van der Waals surface area contributed by atoms with E-state index in [1.807, 2.05) is 6.92 Å². The van der Waals surface area contributed by atoms with Gasteiger partial charge in [0, 0.05) is 25.0 Å². The second-order valence-electron chi connectivity index (χ2n) is 4.51. The van der Waals surface area contributed by atoms with E-state index < -0.39 is 0 Å². The summed E-state index contributed by atoms with van der Waals surface area (Å²) < 4.78 is 0. The van der Waals surface area contributed by atoms with Gasteiger partial charge in [-0.3, -0.25) is 4.90 Å². The molecule has 0 aliphatic heterocycles. The number of hydrogen-bond acceptors (Lipinski definition) is 5. The topological polar surface area (TPSA) is 45.4 Å². The Bertz CT molecular complexity index is 309. The van der Waals surface area contributed by atoms with Crippen molar-refractivity contribution >= 4 is 11.3 Å². The molecule has 0 saturated heterocycles. The molecular weight excluding hydrogens is 220 g/mol. The minimum atomic E-state index is 0.0471. The molecule has 1 heterocycles. The zero-order valence-electron chi connectivity index (χ0n) is 10.6. The van der Waals surface area contributed by atoms with Crippen LogP contribution in [-0.2, 0) is 6.54 Å². The van der Waals surface area contributed by atoms with Crippen molar-refractivity contribution in [1.29, 1.82) is 0 Å². The maximum Gasteiger partial charge on any atom is 0.109 e. The molecule has 5 heteroatoms. The van der Waals surface area contributed by atoms with Gasteiger partial charge in [0.2, 0.25) is 0 Å². The maximum absolute atomic E-state index is 5.78. The van der Waals surface area contributed by atoms with Gasteiger partial charge < -0.3 is 10.6 Å². The summed E-state index contributed by atoms with van der Waals surface area (Å²) in [4.78, 5) is 8.98. The summed E-state index contributed by atoms with van der Waals surface area (Å²) in [6, 6.07) is 0.0471. The fourth-order valence-corrected chi connectivity index (χ4v) is 2.10. The van der Waals surface area contributed by atoms with E-state index >= 15 is 0 Å². The molecule has 1 rings (SSSR count). The van der Waals surface area contributed by atoms with Crippen LogP contribution in [-0.4, -0.2) is 49.0 Å². The van der Waals surface area contributed by atoms with Crippen molar-refractivity contribution in [3.8, 4) is 0 Å². The molecule has 0 aliphatic rings. The first kappa shape index (κ1) is 13.6. The molecule has 2 N–H and O–H groups in total. The molecule has 1 aromatic heterocycles. The van der Waals surface area contributed by atoms with E-state index in [1.165, 1.54) is 0 Å². The molecule has 1 atom stereocenters. The van der Waals surface area contributed by atoms with Crippen molar-refractivity contribution in [2.75, 3.05) is 34.2 Å². The van der Waals surface area contributed by atoms with Crippen LogP contribution in [0.3, 0.4) is 0 Å². The highest BCUT2D eigenvalue weighted by molar-refractivity contribution is 7.09. The standard InChI is InChI=1S/C11H22N4S/c1-9(12)11-13-10(8-16-11)7-15(4)6-5-14(2)3/h8-9H,5-7,12H2,1-4H3. The van der Waals surface area contributed by atoms with Gasteiger partial charge in [-0.2, -0.15) is 0 Å². The van der Waals surface area contributed by atoms with Crippen molar-refractivity contribution in [2.45, 2.75) is 19.5 Å². The predicted molar refractivity (Wildman–Crippen MR) is 69.6 cm³/mol. The molecule has 0 spiro atoms. The minimum Gasteiger partial charge on any atom is -0.322 e. The van der Waals surface area contributed by atoms with Crippen molar-refractivity contribution in [3.05, 3.63) is 16.1 Å². The highest BCUT2D eigenvalue weighted by Gasteiger charge is 2.08. The molecule has 92 valence electrons. The molecule has 1 aromatic rings. The van der Waals surface area contributed by atoms with Crippen molar-refractivity contribution in [3.63, 3.8) is 0 Å². The maximum atomic E-state index is 5.78. The molecule has 0 amide bonds. The Kier molecular flexibility index (Phi) is 5.34. The van der Waals surface area contributed by atoms with Crippen LogP contribution in [0, 0.1) is 0 Å². The fraction of sp³-hybridized carbons (Fsp3) is 0.727. The number of rotatable bonds is 6. The Morgan fingerprint density at radius 3 is 2.56 bits per heavy atom. The first-order valence-corrected chi connectivity index (χ1v) is 6.40. The van der Waals surface area contributed by atoms with Gasteiger partial charge in [0.1, 0.15) is 5.01 Å². The quantitative estimate of drug-likeness (QED) is 0.813. The molecule has 16 heavy (non-hydrogen) atoms. The van der Waals surface area contributed by atoms with E-state index in [0.717, 1.165) is 30.3 Å². The smallest absolute Gasteiger partial charge is 0.109 e. The summed E-state index contributed by atoms with van der Waals surface area (Å²) in [5.41, 5.74) is 6.91. The molecule has 0 aromatic carbocycles. The average molecular weight is 242 g/mol. The normalized spacial score (nSPS) is 13.7. The van der Waals surface area contributed by atoms with Gasteiger partial charge in [0.25, 0.3) is 0 Å². The second kappa shape index (κ2) is 6.30. The minimum absolute atomic E-state index is 0.0471. The Balaban J connectivity index is 2.40. The molecule has 0 aliphatic carbocycles. The highest BCUT2D eigenvalue weighted by atomic mass is 32.1. The van der Waals surface area contributed by atoms with E-state index in [-0.39, 0.29) is 6.04 Å². The molecular formula is C11H22N4S. The summed E-state index contributed by atoms with van der Waals surface area (Å²) >= 11 is 1.65. The van der Waals surface area contributed by atoms with Gasteiger partial charge in [0.05, 0.1) is 11.7 Å². The summed E-state index contributed by atoms with van der Waals surface area (Å²) in [6.07, 6.45) is 0. The van der Waals surface area contributed by atoms with Crippen LogP contribution >= 0.6 is 11.3 Å². The molecule has 0 fully saturated rings. The molecule has 1 unspecified atom stereocenters. The van der Waals surface area contributed by atoms with Crippen LogP contribution in [0.2, 0.25) is 0 Å². The van der Waals surface area contributed by atoms with E-state index in [0.29, 0.717) is 0 Å².